The Balaban J connectivity index is 2.93. The van der Waals surface area contributed by atoms with Gasteiger partial charge in [0.25, 0.3) is 0 Å². The number of carbonyl (C=O) groups excluding carboxylic acids is 1. The molecule has 0 aliphatic rings. The third-order valence-electron chi connectivity index (χ3n) is 2.56. The number of nitrogen functional groups attached to an aromatic ring is 1. The molecule has 0 aliphatic heterocycles. The van der Waals surface area contributed by atoms with Crippen molar-refractivity contribution in [2.75, 3.05) is 5.43 Å². The maximum Gasteiger partial charge on any atom is 0.243 e. The number of hydrogen-bond acceptors (Lipinski definition) is 5. The van der Waals surface area contributed by atoms with Gasteiger partial charge in [-0.05, 0) is 39.8 Å². The SMILES string of the molecule is CC(NS(=O)(=O)c1ccccc1NN)C(=O)NC(C)(C)C. The molecule has 5 N–H and O–H groups in total. The van der Waals surface area contributed by atoms with Gasteiger partial charge in [0.2, 0.25) is 15.9 Å². The average Bonchev–Trinajstić information content (AvgIpc) is 2.36. The first-order valence-corrected chi connectivity index (χ1v) is 7.95. The molecule has 0 saturated carbocycles. The standard InChI is InChI=1S/C13H22N4O3S/c1-9(12(18)15-13(2,3)4)17-21(19,20)11-8-6-5-7-10(11)16-14/h5-9,16-17H,14H2,1-4H3,(H,15,18). The van der Waals surface area contributed by atoms with Crippen molar-refractivity contribution < 1.29 is 13.2 Å². The Hall–Kier alpha value is -1.64. The number of nitrogens with one attached hydrogen (secondary N) is 3. The predicted molar refractivity (Wildman–Crippen MR) is 81.9 cm³/mol. The van der Waals surface area contributed by atoms with Gasteiger partial charge in [-0.25, -0.2) is 8.42 Å². The van der Waals surface area contributed by atoms with Crippen LogP contribution in [0.4, 0.5) is 5.69 Å². The van der Waals surface area contributed by atoms with Crippen molar-refractivity contribution >= 4 is 21.6 Å². The fourth-order valence-electron chi connectivity index (χ4n) is 1.65. The molecule has 7 nitrogen and oxygen atoms in total. The molecule has 0 bridgehead atoms. The molecule has 0 aromatic heterocycles. The van der Waals surface area contributed by atoms with E-state index in [1.54, 1.807) is 12.1 Å². The lowest BCUT2D eigenvalue weighted by Gasteiger charge is -2.23. The summed E-state index contributed by atoms with van der Waals surface area (Å²) in [6, 6.07) is 5.28. The van der Waals surface area contributed by atoms with Gasteiger partial charge in [0.1, 0.15) is 4.90 Å². The minimum atomic E-state index is -3.86. The Morgan fingerprint density at radius 1 is 1.24 bits per heavy atom. The largest absolute Gasteiger partial charge is 0.350 e. The van der Waals surface area contributed by atoms with E-state index in [4.69, 9.17) is 5.84 Å². The van der Waals surface area contributed by atoms with E-state index in [9.17, 15) is 13.2 Å². The highest BCUT2D eigenvalue weighted by molar-refractivity contribution is 7.89. The lowest BCUT2D eigenvalue weighted by atomic mass is 10.1. The van der Waals surface area contributed by atoms with E-state index >= 15 is 0 Å². The van der Waals surface area contributed by atoms with Crippen molar-refractivity contribution in [3.05, 3.63) is 24.3 Å². The first-order valence-electron chi connectivity index (χ1n) is 6.47. The predicted octanol–water partition coefficient (Wildman–Crippen LogP) is 0.554. The van der Waals surface area contributed by atoms with Crippen LogP contribution in [0.1, 0.15) is 27.7 Å². The van der Waals surface area contributed by atoms with Crippen molar-refractivity contribution in [1.29, 1.82) is 0 Å². The highest BCUT2D eigenvalue weighted by atomic mass is 32.2. The van der Waals surface area contributed by atoms with Crippen molar-refractivity contribution in [2.24, 2.45) is 5.84 Å². The van der Waals surface area contributed by atoms with E-state index in [-0.39, 0.29) is 10.6 Å². The minimum absolute atomic E-state index is 0.0112. The highest BCUT2D eigenvalue weighted by Gasteiger charge is 2.26. The van der Waals surface area contributed by atoms with Crippen LogP contribution in [0.5, 0.6) is 0 Å². The van der Waals surface area contributed by atoms with Crippen LogP contribution in [-0.2, 0) is 14.8 Å². The molecule has 1 amide bonds. The summed E-state index contributed by atoms with van der Waals surface area (Å²) < 4.78 is 26.9. The second-order valence-electron chi connectivity index (χ2n) is 5.72. The second-order valence-corrected chi connectivity index (χ2v) is 7.41. The van der Waals surface area contributed by atoms with Crippen LogP contribution >= 0.6 is 0 Å². The van der Waals surface area contributed by atoms with Gasteiger partial charge >= 0.3 is 0 Å². The molecule has 1 aromatic rings. The maximum atomic E-state index is 12.3. The van der Waals surface area contributed by atoms with E-state index in [0.29, 0.717) is 0 Å². The van der Waals surface area contributed by atoms with Gasteiger partial charge in [0.05, 0.1) is 11.7 Å². The zero-order valence-corrected chi connectivity index (χ0v) is 13.4. The molecule has 0 aliphatic carbocycles. The summed E-state index contributed by atoms with van der Waals surface area (Å²) in [5.41, 5.74) is 2.14. The molecule has 0 spiro atoms. The van der Waals surface area contributed by atoms with Crippen molar-refractivity contribution in [1.82, 2.24) is 10.0 Å². The molecule has 8 heteroatoms. The van der Waals surface area contributed by atoms with Gasteiger partial charge in [0.15, 0.2) is 0 Å². The van der Waals surface area contributed by atoms with Crippen LogP contribution in [0.15, 0.2) is 29.2 Å². The molecule has 0 radical (unpaired) electrons. The van der Waals surface area contributed by atoms with Gasteiger partial charge < -0.3 is 10.7 Å². The van der Waals surface area contributed by atoms with Crippen molar-refractivity contribution in [3.8, 4) is 0 Å². The zero-order valence-electron chi connectivity index (χ0n) is 12.6. The highest BCUT2D eigenvalue weighted by Crippen LogP contribution is 2.19. The van der Waals surface area contributed by atoms with E-state index in [1.165, 1.54) is 19.1 Å². The summed E-state index contributed by atoms with van der Waals surface area (Å²) >= 11 is 0. The van der Waals surface area contributed by atoms with Crippen LogP contribution in [0, 0.1) is 0 Å². The monoisotopic (exact) mass is 314 g/mol. The molecule has 0 saturated heterocycles. The molecule has 118 valence electrons. The van der Waals surface area contributed by atoms with Gasteiger partial charge in [0, 0.05) is 5.54 Å². The number of anilines is 1. The second kappa shape index (κ2) is 6.42. The normalized spacial score (nSPS) is 13.6. The van der Waals surface area contributed by atoms with Gasteiger partial charge in [-0.15, -0.1) is 0 Å². The molecule has 21 heavy (non-hydrogen) atoms. The van der Waals surface area contributed by atoms with Crippen molar-refractivity contribution in [2.45, 2.75) is 44.2 Å². The number of hydrazine groups is 1. The number of benzene rings is 1. The van der Waals surface area contributed by atoms with Crippen LogP contribution < -0.4 is 21.3 Å². The summed E-state index contributed by atoms with van der Waals surface area (Å²) in [5.74, 6) is 4.90. The molecule has 0 fully saturated rings. The smallest absolute Gasteiger partial charge is 0.243 e. The zero-order chi connectivity index (χ0) is 16.3. The maximum absolute atomic E-state index is 12.3. The van der Waals surface area contributed by atoms with Crippen molar-refractivity contribution in [3.63, 3.8) is 0 Å². The first kappa shape index (κ1) is 17.4. The Morgan fingerprint density at radius 2 is 1.81 bits per heavy atom. The first-order chi connectivity index (χ1) is 9.57. The Kier molecular flexibility index (Phi) is 5.32. The Labute approximate surface area is 125 Å². The lowest BCUT2D eigenvalue weighted by Crippen LogP contribution is -2.50. The summed E-state index contributed by atoms with van der Waals surface area (Å²) in [7, 11) is -3.86. The molecule has 1 unspecified atom stereocenters. The fourth-order valence-corrected chi connectivity index (χ4v) is 3.02. The molecular formula is C13H22N4O3S. The molecular weight excluding hydrogens is 292 g/mol. The third-order valence-corrected chi connectivity index (χ3v) is 4.15. The van der Waals surface area contributed by atoms with Crippen LogP contribution in [-0.4, -0.2) is 25.9 Å². The Bertz CT molecular complexity index is 608. The van der Waals surface area contributed by atoms with Gasteiger partial charge in [-0.2, -0.15) is 4.72 Å². The number of para-hydroxylation sites is 1. The van der Waals surface area contributed by atoms with E-state index < -0.39 is 27.5 Å². The number of sulfonamides is 1. The summed E-state index contributed by atoms with van der Waals surface area (Å²) in [5, 5.41) is 2.72. The van der Waals surface area contributed by atoms with Crippen LogP contribution in [0.3, 0.4) is 0 Å². The van der Waals surface area contributed by atoms with E-state index in [2.05, 4.69) is 15.5 Å². The van der Waals surface area contributed by atoms with Gasteiger partial charge in [-0.3, -0.25) is 10.6 Å². The van der Waals surface area contributed by atoms with Crippen LogP contribution in [0.2, 0.25) is 0 Å². The Morgan fingerprint density at radius 3 is 2.33 bits per heavy atom. The number of hydrogen-bond donors (Lipinski definition) is 4. The average molecular weight is 314 g/mol. The van der Waals surface area contributed by atoms with Gasteiger partial charge in [-0.1, -0.05) is 12.1 Å². The summed E-state index contributed by atoms with van der Waals surface area (Å²) in [6.07, 6.45) is 0. The topological polar surface area (TPSA) is 113 Å². The molecule has 1 rings (SSSR count). The molecule has 1 aromatic carbocycles. The summed E-state index contributed by atoms with van der Waals surface area (Å²) in [6.45, 7) is 6.94. The fraction of sp³-hybridized carbons (Fsp3) is 0.462. The number of nitrogens with two attached hydrogens (primary N) is 1. The molecule has 1 atom stereocenters. The summed E-state index contributed by atoms with van der Waals surface area (Å²) in [4.78, 5) is 11.9. The number of amides is 1. The van der Waals surface area contributed by atoms with E-state index in [0.717, 1.165) is 0 Å². The molecule has 0 heterocycles. The third kappa shape index (κ3) is 5.00. The minimum Gasteiger partial charge on any atom is -0.350 e. The number of rotatable bonds is 5. The number of carbonyl (C=O) groups is 1. The lowest BCUT2D eigenvalue weighted by molar-refractivity contribution is -0.123. The van der Waals surface area contributed by atoms with E-state index in [1.807, 2.05) is 20.8 Å². The quantitative estimate of drug-likeness (QED) is 0.468. The van der Waals surface area contributed by atoms with Crippen LogP contribution in [0.25, 0.3) is 0 Å².